The van der Waals surface area contributed by atoms with Crippen molar-refractivity contribution in [1.82, 2.24) is 0 Å². The van der Waals surface area contributed by atoms with Crippen LogP contribution in [0.1, 0.15) is 25.0 Å². The Morgan fingerprint density at radius 2 is 1.73 bits per heavy atom. The van der Waals surface area contributed by atoms with E-state index in [0.29, 0.717) is 6.61 Å². The van der Waals surface area contributed by atoms with Gasteiger partial charge in [0.2, 0.25) is 0 Å². The lowest BCUT2D eigenvalue weighted by molar-refractivity contribution is 0.243. The lowest BCUT2D eigenvalue weighted by Gasteiger charge is -2.19. The fourth-order valence-corrected chi connectivity index (χ4v) is 1.57. The third kappa shape index (κ3) is 3.99. The quantitative estimate of drug-likeness (QED) is 0.869. The molecule has 0 aliphatic carbocycles. The highest BCUT2D eigenvalue weighted by molar-refractivity contribution is 14.1. The van der Waals surface area contributed by atoms with Crippen LogP contribution in [-0.2, 0) is 0 Å². The molecule has 2 nitrogen and oxygen atoms in total. The van der Waals surface area contributed by atoms with Crippen molar-refractivity contribution in [3.8, 4) is 5.75 Å². The summed E-state index contributed by atoms with van der Waals surface area (Å²) in [5.41, 5.74) is 8.08. The fourth-order valence-electron chi connectivity index (χ4n) is 1.26. The predicted octanol–water partition coefficient (Wildman–Crippen LogP) is 3.02. The molecule has 15 heavy (non-hydrogen) atoms. The average molecular weight is 319 g/mol. The Bertz CT molecular complexity index is 332. The molecule has 1 aromatic rings. The maximum atomic E-state index is 5.86. The van der Waals surface area contributed by atoms with E-state index >= 15 is 0 Å². The molecule has 0 aliphatic heterocycles. The lowest BCUT2D eigenvalue weighted by atomic mass is 10.1. The van der Waals surface area contributed by atoms with Gasteiger partial charge in [-0.2, -0.15) is 0 Å². The molecule has 0 amide bonds. The van der Waals surface area contributed by atoms with Crippen LogP contribution in [0.3, 0.4) is 0 Å². The largest absolute Gasteiger partial charge is 0.492 e. The Kier molecular flexibility index (Phi) is 4.00. The van der Waals surface area contributed by atoms with E-state index < -0.39 is 0 Å². The zero-order chi connectivity index (χ0) is 11.6. The second kappa shape index (κ2) is 4.70. The molecular weight excluding hydrogens is 301 g/mol. The molecule has 1 aromatic carbocycles. The van der Waals surface area contributed by atoms with Gasteiger partial charge in [0.25, 0.3) is 0 Å². The van der Waals surface area contributed by atoms with Crippen molar-refractivity contribution in [3.05, 3.63) is 26.8 Å². The second-order valence-corrected chi connectivity index (χ2v) is 5.73. The highest BCUT2D eigenvalue weighted by atomic mass is 127. The normalized spacial score (nSPS) is 11.6. The van der Waals surface area contributed by atoms with E-state index in [0.717, 1.165) is 5.75 Å². The van der Waals surface area contributed by atoms with Crippen molar-refractivity contribution in [1.29, 1.82) is 0 Å². The van der Waals surface area contributed by atoms with Crippen molar-refractivity contribution in [2.24, 2.45) is 5.73 Å². The van der Waals surface area contributed by atoms with Crippen LogP contribution in [0.25, 0.3) is 0 Å². The molecular formula is C12H18INO. The van der Waals surface area contributed by atoms with Gasteiger partial charge < -0.3 is 10.5 Å². The molecule has 0 spiro atoms. The standard InChI is InChI=1S/C12H18INO/c1-8-5-10(6-9(2)11(8)13)15-7-12(3,4)14/h5-6H,7,14H2,1-4H3. The number of nitrogens with two attached hydrogens (primary N) is 1. The van der Waals surface area contributed by atoms with E-state index in [1.807, 2.05) is 13.8 Å². The molecule has 0 fully saturated rings. The van der Waals surface area contributed by atoms with Crippen LogP contribution >= 0.6 is 22.6 Å². The first-order valence-electron chi connectivity index (χ1n) is 4.98. The number of rotatable bonds is 3. The number of hydrogen-bond donors (Lipinski definition) is 1. The van der Waals surface area contributed by atoms with E-state index in [9.17, 15) is 0 Å². The third-order valence-corrected chi connectivity index (χ3v) is 3.72. The van der Waals surface area contributed by atoms with Gasteiger partial charge in [-0.15, -0.1) is 0 Å². The molecule has 2 N–H and O–H groups in total. The summed E-state index contributed by atoms with van der Waals surface area (Å²) in [5, 5.41) is 0. The molecule has 0 aromatic heterocycles. The van der Waals surface area contributed by atoms with Gasteiger partial charge in [-0.25, -0.2) is 0 Å². The van der Waals surface area contributed by atoms with Gasteiger partial charge in [-0.3, -0.25) is 0 Å². The molecule has 84 valence electrons. The van der Waals surface area contributed by atoms with Gasteiger partial charge >= 0.3 is 0 Å². The number of halogens is 1. The highest BCUT2D eigenvalue weighted by Crippen LogP contribution is 2.23. The number of hydrogen-bond acceptors (Lipinski definition) is 2. The van der Waals surface area contributed by atoms with Crippen molar-refractivity contribution >= 4 is 22.6 Å². The summed E-state index contributed by atoms with van der Waals surface area (Å²) in [5.74, 6) is 0.906. The summed E-state index contributed by atoms with van der Waals surface area (Å²) in [4.78, 5) is 0. The van der Waals surface area contributed by atoms with Gasteiger partial charge in [0.05, 0.1) is 0 Å². The smallest absolute Gasteiger partial charge is 0.119 e. The Morgan fingerprint density at radius 3 is 2.13 bits per heavy atom. The molecule has 3 heteroatoms. The molecule has 0 aliphatic rings. The average Bonchev–Trinajstić information content (AvgIpc) is 2.09. The molecule has 0 saturated heterocycles. The first-order valence-corrected chi connectivity index (χ1v) is 6.06. The Labute approximate surface area is 105 Å². The minimum atomic E-state index is -0.287. The maximum Gasteiger partial charge on any atom is 0.119 e. The third-order valence-electron chi connectivity index (χ3n) is 2.02. The van der Waals surface area contributed by atoms with Crippen LogP contribution < -0.4 is 10.5 Å². The monoisotopic (exact) mass is 319 g/mol. The fraction of sp³-hybridized carbons (Fsp3) is 0.500. The van der Waals surface area contributed by atoms with Gasteiger partial charge in [0, 0.05) is 9.11 Å². The first kappa shape index (κ1) is 12.8. The van der Waals surface area contributed by atoms with Crippen molar-refractivity contribution in [2.45, 2.75) is 33.2 Å². The van der Waals surface area contributed by atoms with Gasteiger partial charge in [-0.1, -0.05) is 0 Å². The molecule has 1 rings (SSSR count). The van der Waals surface area contributed by atoms with Crippen LogP contribution in [0.4, 0.5) is 0 Å². The Hall–Kier alpha value is -0.290. The second-order valence-electron chi connectivity index (χ2n) is 4.65. The number of ether oxygens (including phenoxy) is 1. The summed E-state index contributed by atoms with van der Waals surface area (Å²) in [6.45, 7) is 8.63. The zero-order valence-electron chi connectivity index (χ0n) is 9.73. The van der Waals surface area contributed by atoms with Gasteiger partial charge in [0.15, 0.2) is 0 Å². The summed E-state index contributed by atoms with van der Waals surface area (Å²) >= 11 is 2.35. The van der Waals surface area contributed by atoms with Crippen molar-refractivity contribution in [3.63, 3.8) is 0 Å². The van der Waals surface area contributed by atoms with E-state index in [1.165, 1.54) is 14.7 Å². The van der Waals surface area contributed by atoms with Crippen LogP contribution in [0.2, 0.25) is 0 Å². The summed E-state index contributed by atoms with van der Waals surface area (Å²) in [6.07, 6.45) is 0. The van der Waals surface area contributed by atoms with Crippen LogP contribution in [0.15, 0.2) is 12.1 Å². The van der Waals surface area contributed by atoms with E-state index in [-0.39, 0.29) is 5.54 Å². The maximum absolute atomic E-state index is 5.86. The Balaban J connectivity index is 2.80. The van der Waals surface area contributed by atoms with E-state index in [1.54, 1.807) is 0 Å². The zero-order valence-corrected chi connectivity index (χ0v) is 11.9. The van der Waals surface area contributed by atoms with E-state index in [4.69, 9.17) is 10.5 Å². The van der Waals surface area contributed by atoms with Gasteiger partial charge in [-0.05, 0) is 73.5 Å². The highest BCUT2D eigenvalue weighted by Gasteiger charge is 2.12. The SMILES string of the molecule is Cc1cc(OCC(C)(C)N)cc(C)c1I. The molecule has 0 heterocycles. The molecule has 0 radical (unpaired) electrons. The van der Waals surface area contributed by atoms with Crippen LogP contribution in [-0.4, -0.2) is 12.1 Å². The van der Waals surface area contributed by atoms with Gasteiger partial charge in [0.1, 0.15) is 12.4 Å². The number of aryl methyl sites for hydroxylation is 2. The minimum absolute atomic E-state index is 0.287. The van der Waals surface area contributed by atoms with Crippen molar-refractivity contribution in [2.75, 3.05) is 6.61 Å². The predicted molar refractivity (Wildman–Crippen MR) is 72.4 cm³/mol. The minimum Gasteiger partial charge on any atom is -0.492 e. The molecule has 0 unspecified atom stereocenters. The summed E-state index contributed by atoms with van der Waals surface area (Å²) < 4.78 is 6.96. The Morgan fingerprint density at radius 1 is 1.27 bits per heavy atom. The van der Waals surface area contributed by atoms with Crippen LogP contribution in [0, 0.1) is 17.4 Å². The summed E-state index contributed by atoms with van der Waals surface area (Å²) in [6, 6.07) is 4.11. The topological polar surface area (TPSA) is 35.2 Å². The summed E-state index contributed by atoms with van der Waals surface area (Å²) in [7, 11) is 0. The van der Waals surface area contributed by atoms with Crippen LogP contribution in [0.5, 0.6) is 5.75 Å². The molecule has 0 saturated carbocycles. The molecule has 0 bridgehead atoms. The molecule has 0 atom stereocenters. The first-order chi connectivity index (χ1) is 6.79. The van der Waals surface area contributed by atoms with Crippen molar-refractivity contribution < 1.29 is 4.74 Å². The number of benzene rings is 1. The van der Waals surface area contributed by atoms with E-state index in [2.05, 4.69) is 48.6 Å². The lowest BCUT2D eigenvalue weighted by Crippen LogP contribution is -2.38.